The molecule has 1 aliphatic rings. The van der Waals surface area contributed by atoms with Crippen molar-refractivity contribution in [2.24, 2.45) is 0 Å². The highest BCUT2D eigenvalue weighted by Crippen LogP contribution is 2.32. The topological polar surface area (TPSA) is 112 Å². The first kappa shape index (κ1) is 25.5. The Morgan fingerprint density at radius 1 is 1.00 bits per heavy atom. The molecule has 0 unspecified atom stereocenters. The van der Waals surface area contributed by atoms with Gasteiger partial charge in [-0.1, -0.05) is 29.8 Å². The minimum atomic E-state index is -4.09. The lowest BCUT2D eigenvalue weighted by atomic mass is 9.98. The molecule has 2 aromatic rings. The van der Waals surface area contributed by atoms with Gasteiger partial charge in [-0.15, -0.1) is 0 Å². The number of piperidine rings is 1. The predicted octanol–water partition coefficient (Wildman–Crippen LogP) is 4.10. The summed E-state index contributed by atoms with van der Waals surface area (Å²) in [5.41, 5.74) is -0.624. The van der Waals surface area contributed by atoms with Crippen molar-refractivity contribution in [1.29, 1.82) is 0 Å². The van der Waals surface area contributed by atoms with Crippen molar-refractivity contribution in [2.75, 3.05) is 13.1 Å². The van der Waals surface area contributed by atoms with Crippen LogP contribution < -0.4 is 0 Å². The van der Waals surface area contributed by atoms with Crippen LogP contribution in [0.5, 0.6) is 0 Å². The van der Waals surface area contributed by atoms with E-state index in [1.807, 2.05) is 0 Å². The Kier molecular flexibility index (Phi) is 7.14. The lowest BCUT2D eigenvalue weighted by molar-refractivity contribution is 0.0523. The first-order chi connectivity index (χ1) is 15.3. The number of sulfone groups is 1. The van der Waals surface area contributed by atoms with E-state index < -0.39 is 31.5 Å². The van der Waals surface area contributed by atoms with Crippen molar-refractivity contribution in [2.45, 2.75) is 59.9 Å². The molecule has 2 aromatic carbocycles. The summed E-state index contributed by atoms with van der Waals surface area (Å²) < 4.78 is 53.9. The van der Waals surface area contributed by atoms with Gasteiger partial charge in [0.1, 0.15) is 4.90 Å². The summed E-state index contributed by atoms with van der Waals surface area (Å²) in [5.74, 6) is 0. The van der Waals surface area contributed by atoms with Crippen LogP contribution in [-0.2, 0) is 19.9 Å². The Morgan fingerprint density at radius 2 is 1.58 bits per heavy atom. The molecule has 180 valence electrons. The first-order valence-electron chi connectivity index (χ1n) is 10.4. The Hall–Kier alpha value is -2.14. The quantitative estimate of drug-likeness (QED) is 0.642. The molecule has 0 aromatic heterocycles. The molecular weight excluding hydrogens is 488 g/mol. The zero-order chi connectivity index (χ0) is 24.6. The van der Waals surface area contributed by atoms with Crippen LogP contribution in [0.3, 0.4) is 0 Å². The second-order valence-corrected chi connectivity index (χ2v) is 13.1. The van der Waals surface area contributed by atoms with Gasteiger partial charge in [-0.05, 0) is 63.9 Å². The molecule has 0 bridgehead atoms. The van der Waals surface area contributed by atoms with Crippen LogP contribution in [0.25, 0.3) is 0 Å². The lowest BCUT2D eigenvalue weighted by Gasteiger charge is -2.43. The van der Waals surface area contributed by atoms with Gasteiger partial charge in [0.05, 0.1) is 14.8 Å². The second-order valence-electron chi connectivity index (χ2n) is 8.87. The summed E-state index contributed by atoms with van der Waals surface area (Å²) in [4.78, 5) is 12.7. The second kappa shape index (κ2) is 9.25. The van der Waals surface area contributed by atoms with Crippen LogP contribution in [0.4, 0.5) is 4.79 Å². The third-order valence-electron chi connectivity index (χ3n) is 5.60. The fourth-order valence-electron chi connectivity index (χ4n) is 4.05. The molecule has 0 aliphatic carbocycles. The van der Waals surface area contributed by atoms with E-state index in [0.717, 1.165) is 6.07 Å². The number of rotatable bonds is 5. The summed E-state index contributed by atoms with van der Waals surface area (Å²) in [6, 6.07) is 11.0. The summed E-state index contributed by atoms with van der Waals surface area (Å²) in [5, 5.41) is 9.54. The zero-order valence-corrected chi connectivity index (χ0v) is 21.0. The number of amides is 1. The van der Waals surface area contributed by atoms with Gasteiger partial charge in [0.2, 0.25) is 19.9 Å². The molecule has 11 heteroatoms. The van der Waals surface area contributed by atoms with Crippen LogP contribution >= 0.6 is 11.6 Å². The van der Waals surface area contributed by atoms with Crippen LogP contribution in [0.1, 0.15) is 33.6 Å². The Labute approximate surface area is 199 Å². The van der Waals surface area contributed by atoms with E-state index in [4.69, 9.17) is 11.6 Å². The molecule has 1 aliphatic heterocycles. The molecule has 1 fully saturated rings. The van der Waals surface area contributed by atoms with Gasteiger partial charge in [-0.25, -0.2) is 21.6 Å². The Balaban J connectivity index is 1.89. The van der Waals surface area contributed by atoms with Crippen molar-refractivity contribution in [3.8, 4) is 0 Å². The van der Waals surface area contributed by atoms with E-state index in [-0.39, 0.29) is 38.8 Å². The molecule has 0 saturated carbocycles. The van der Waals surface area contributed by atoms with E-state index in [1.165, 1.54) is 33.5 Å². The van der Waals surface area contributed by atoms with Crippen molar-refractivity contribution >= 4 is 37.6 Å². The molecule has 33 heavy (non-hydrogen) atoms. The zero-order valence-electron chi connectivity index (χ0n) is 18.6. The summed E-state index contributed by atoms with van der Waals surface area (Å²) in [6.45, 7) is 5.58. The molecule has 1 heterocycles. The minimum Gasteiger partial charge on any atom is -0.465 e. The predicted molar refractivity (Wildman–Crippen MR) is 125 cm³/mol. The van der Waals surface area contributed by atoms with Gasteiger partial charge in [0, 0.05) is 24.7 Å². The molecule has 1 saturated heterocycles. The number of nitrogens with zero attached hydrogens (tertiary/aromatic N) is 2. The summed E-state index contributed by atoms with van der Waals surface area (Å²) >= 11 is 6.19. The van der Waals surface area contributed by atoms with Gasteiger partial charge < -0.3 is 10.0 Å². The number of hydrogen-bond acceptors (Lipinski definition) is 5. The van der Waals surface area contributed by atoms with E-state index in [1.54, 1.807) is 39.0 Å². The third kappa shape index (κ3) is 5.18. The molecule has 1 N–H and O–H groups in total. The van der Waals surface area contributed by atoms with E-state index in [2.05, 4.69) is 0 Å². The van der Waals surface area contributed by atoms with E-state index >= 15 is 0 Å². The maximum Gasteiger partial charge on any atom is 0.407 e. The number of carboxylic acid groups (broad SMARTS) is 1. The fourth-order valence-corrected chi connectivity index (χ4v) is 7.41. The maximum atomic E-state index is 13.3. The van der Waals surface area contributed by atoms with E-state index in [0.29, 0.717) is 12.8 Å². The molecular formula is C22H27ClN2O6S2. The highest BCUT2D eigenvalue weighted by Gasteiger charge is 2.38. The van der Waals surface area contributed by atoms with Gasteiger partial charge in [-0.3, -0.25) is 0 Å². The van der Waals surface area contributed by atoms with Crippen molar-refractivity contribution in [1.82, 2.24) is 9.21 Å². The fraction of sp³-hybridized carbons (Fsp3) is 0.409. The smallest absolute Gasteiger partial charge is 0.407 e. The highest BCUT2D eigenvalue weighted by molar-refractivity contribution is 7.91. The molecule has 3 rings (SSSR count). The number of halogens is 1. The maximum absolute atomic E-state index is 13.3. The standard InChI is InChI=1S/C22H27ClN2O6S2/c1-22(2,3)25(21(26)27)16-11-13-24(14-12-16)33(30,31)20-15-18(9-10-19(20)23)32(28,29)17-7-5-4-6-8-17/h4-10,15-16H,11-14H2,1-3H3,(H,26,27). The molecule has 0 atom stereocenters. The van der Waals surface area contributed by atoms with Gasteiger partial charge in [-0.2, -0.15) is 4.31 Å². The first-order valence-corrected chi connectivity index (χ1v) is 13.7. The largest absolute Gasteiger partial charge is 0.465 e. The number of carbonyl (C=O) groups is 1. The number of hydrogen-bond donors (Lipinski definition) is 1. The minimum absolute atomic E-state index is 0.0485. The lowest BCUT2D eigenvalue weighted by Crippen LogP contribution is -2.55. The average Bonchev–Trinajstić information content (AvgIpc) is 2.73. The van der Waals surface area contributed by atoms with Crippen LogP contribution in [0.2, 0.25) is 5.02 Å². The van der Waals surface area contributed by atoms with Crippen molar-refractivity contribution < 1.29 is 26.7 Å². The number of sulfonamides is 1. The van der Waals surface area contributed by atoms with Crippen LogP contribution in [0, 0.1) is 0 Å². The monoisotopic (exact) mass is 514 g/mol. The Morgan fingerprint density at radius 3 is 2.09 bits per heavy atom. The van der Waals surface area contributed by atoms with Crippen LogP contribution in [-0.4, -0.2) is 61.9 Å². The van der Waals surface area contributed by atoms with Crippen LogP contribution in [0.15, 0.2) is 63.2 Å². The van der Waals surface area contributed by atoms with Gasteiger partial charge in [0.25, 0.3) is 0 Å². The normalized spacial score (nSPS) is 16.5. The highest BCUT2D eigenvalue weighted by atomic mass is 35.5. The van der Waals surface area contributed by atoms with Crippen molar-refractivity contribution in [3.63, 3.8) is 0 Å². The van der Waals surface area contributed by atoms with Gasteiger partial charge in [0.15, 0.2) is 0 Å². The summed E-state index contributed by atoms with van der Waals surface area (Å²) in [6.07, 6.45) is -0.407. The van der Waals surface area contributed by atoms with E-state index in [9.17, 15) is 26.7 Å². The molecule has 0 spiro atoms. The third-order valence-corrected chi connectivity index (χ3v) is 9.75. The van der Waals surface area contributed by atoms with Crippen molar-refractivity contribution in [3.05, 3.63) is 53.6 Å². The molecule has 0 radical (unpaired) electrons. The average molecular weight is 515 g/mol. The molecule has 1 amide bonds. The Bertz CT molecular complexity index is 1230. The summed E-state index contributed by atoms with van der Waals surface area (Å²) in [7, 11) is -8.02. The SMILES string of the molecule is CC(C)(C)N(C(=O)O)C1CCN(S(=O)(=O)c2cc(S(=O)(=O)c3ccccc3)ccc2Cl)CC1. The number of benzene rings is 2. The van der Waals surface area contributed by atoms with Gasteiger partial charge >= 0.3 is 6.09 Å². The molecule has 8 nitrogen and oxygen atoms in total.